The van der Waals surface area contributed by atoms with Gasteiger partial charge in [-0.15, -0.1) is 10.2 Å². The maximum absolute atomic E-state index is 10.8. The smallest absolute Gasteiger partial charge is 0.272 e. The van der Waals surface area contributed by atoms with Crippen LogP contribution >= 0.6 is 0 Å². The fourth-order valence-electron chi connectivity index (χ4n) is 1.92. The molecular weight excluding hydrogens is 244 g/mol. The van der Waals surface area contributed by atoms with Crippen molar-refractivity contribution in [3.63, 3.8) is 0 Å². The van der Waals surface area contributed by atoms with Crippen LogP contribution in [0, 0.1) is 17.0 Å². The number of nitrogens with zero attached hydrogens (tertiary/aromatic N) is 4. The van der Waals surface area contributed by atoms with Gasteiger partial charge in [-0.1, -0.05) is 0 Å². The van der Waals surface area contributed by atoms with Crippen LogP contribution in [0.4, 0.5) is 5.69 Å². The number of hydrogen-bond acceptors (Lipinski definition) is 4. The third kappa shape index (κ3) is 2.47. The molecule has 19 heavy (non-hydrogen) atoms. The molecule has 0 fully saturated rings. The Bertz CT molecular complexity index is 626. The average Bonchev–Trinajstić information content (AvgIpc) is 2.76. The van der Waals surface area contributed by atoms with Gasteiger partial charge < -0.3 is 4.57 Å². The molecule has 0 atom stereocenters. The van der Waals surface area contributed by atoms with E-state index in [2.05, 4.69) is 31.0 Å². The number of benzene rings is 1. The van der Waals surface area contributed by atoms with Gasteiger partial charge in [-0.25, -0.2) is 0 Å². The van der Waals surface area contributed by atoms with Crippen molar-refractivity contribution >= 4 is 5.69 Å². The summed E-state index contributed by atoms with van der Waals surface area (Å²) in [6.07, 6.45) is 1.67. The summed E-state index contributed by atoms with van der Waals surface area (Å²) < 4.78 is 1.95. The lowest BCUT2D eigenvalue weighted by Crippen LogP contribution is -2.21. The Kier molecular flexibility index (Phi) is 3.09. The highest BCUT2D eigenvalue weighted by molar-refractivity contribution is 5.60. The molecule has 0 saturated carbocycles. The minimum Gasteiger partial charge on any atom is -0.308 e. The fraction of sp³-hybridized carbons (Fsp3) is 0.385. The average molecular weight is 260 g/mol. The fourth-order valence-corrected chi connectivity index (χ4v) is 1.92. The van der Waals surface area contributed by atoms with Gasteiger partial charge in [0, 0.05) is 22.7 Å². The van der Waals surface area contributed by atoms with E-state index in [1.54, 1.807) is 25.4 Å². The van der Waals surface area contributed by atoms with Crippen LogP contribution in [0.1, 0.15) is 26.3 Å². The summed E-state index contributed by atoms with van der Waals surface area (Å²) in [7, 11) is 0. The van der Waals surface area contributed by atoms with Crippen molar-refractivity contribution in [3.05, 3.63) is 40.2 Å². The van der Waals surface area contributed by atoms with E-state index in [-0.39, 0.29) is 16.1 Å². The highest BCUT2D eigenvalue weighted by atomic mass is 16.6. The maximum Gasteiger partial charge on any atom is 0.272 e. The van der Waals surface area contributed by atoms with E-state index in [1.165, 1.54) is 6.07 Å². The van der Waals surface area contributed by atoms with Crippen LogP contribution in [0.2, 0.25) is 0 Å². The quantitative estimate of drug-likeness (QED) is 0.614. The van der Waals surface area contributed by atoms with Gasteiger partial charge in [0.1, 0.15) is 6.33 Å². The van der Waals surface area contributed by atoms with Crippen molar-refractivity contribution in [3.8, 4) is 11.4 Å². The topological polar surface area (TPSA) is 73.8 Å². The van der Waals surface area contributed by atoms with E-state index in [0.29, 0.717) is 11.4 Å². The van der Waals surface area contributed by atoms with Gasteiger partial charge in [0.25, 0.3) is 5.69 Å². The van der Waals surface area contributed by atoms with Gasteiger partial charge in [0.15, 0.2) is 5.82 Å². The molecule has 0 aliphatic rings. The molecular formula is C13H16N4O2. The zero-order valence-corrected chi connectivity index (χ0v) is 11.4. The largest absolute Gasteiger partial charge is 0.308 e. The number of rotatable bonds is 2. The molecule has 6 nitrogen and oxygen atoms in total. The van der Waals surface area contributed by atoms with Crippen LogP contribution in [-0.2, 0) is 5.54 Å². The first kappa shape index (κ1) is 13.2. The second-order valence-electron chi connectivity index (χ2n) is 5.45. The maximum atomic E-state index is 10.8. The summed E-state index contributed by atoms with van der Waals surface area (Å²) in [6.45, 7) is 7.88. The number of aryl methyl sites for hydroxylation is 1. The molecule has 6 heteroatoms. The molecule has 0 aliphatic carbocycles. The van der Waals surface area contributed by atoms with Gasteiger partial charge >= 0.3 is 0 Å². The van der Waals surface area contributed by atoms with E-state index >= 15 is 0 Å². The standard InChI is InChI=1S/C13H16N4O2/c1-9-7-10(5-6-11(9)17(18)19)12-15-14-8-16(12)13(2,3)4/h5-8H,1-4H3. The number of hydrogen-bond donors (Lipinski definition) is 0. The Hall–Kier alpha value is -2.24. The van der Waals surface area contributed by atoms with E-state index in [9.17, 15) is 10.1 Å². The van der Waals surface area contributed by atoms with Crippen LogP contribution < -0.4 is 0 Å². The van der Waals surface area contributed by atoms with E-state index < -0.39 is 0 Å². The van der Waals surface area contributed by atoms with Crippen LogP contribution in [0.15, 0.2) is 24.5 Å². The second-order valence-corrected chi connectivity index (χ2v) is 5.45. The molecule has 0 N–H and O–H groups in total. The Morgan fingerprint density at radius 2 is 2.00 bits per heavy atom. The predicted molar refractivity (Wildman–Crippen MR) is 71.8 cm³/mol. The zero-order chi connectivity index (χ0) is 14.2. The minimum atomic E-state index is -0.381. The Morgan fingerprint density at radius 3 is 2.53 bits per heavy atom. The lowest BCUT2D eigenvalue weighted by molar-refractivity contribution is -0.385. The van der Waals surface area contributed by atoms with Crippen LogP contribution in [0.3, 0.4) is 0 Å². The van der Waals surface area contributed by atoms with Crippen molar-refractivity contribution in [1.29, 1.82) is 0 Å². The van der Waals surface area contributed by atoms with Gasteiger partial charge in [0.2, 0.25) is 0 Å². The van der Waals surface area contributed by atoms with Crippen LogP contribution in [0.25, 0.3) is 11.4 Å². The summed E-state index contributed by atoms with van der Waals surface area (Å²) >= 11 is 0. The molecule has 1 aromatic carbocycles. The summed E-state index contributed by atoms with van der Waals surface area (Å²) in [4.78, 5) is 10.4. The van der Waals surface area contributed by atoms with Crippen molar-refractivity contribution in [2.75, 3.05) is 0 Å². The summed E-state index contributed by atoms with van der Waals surface area (Å²) in [5, 5.41) is 18.9. The molecule has 1 aromatic heterocycles. The molecule has 2 aromatic rings. The lowest BCUT2D eigenvalue weighted by atomic mass is 10.1. The minimum absolute atomic E-state index is 0.116. The number of nitro benzene ring substituents is 1. The van der Waals surface area contributed by atoms with Gasteiger partial charge in [-0.2, -0.15) is 0 Å². The molecule has 0 unspecified atom stereocenters. The van der Waals surface area contributed by atoms with E-state index in [0.717, 1.165) is 5.56 Å². The van der Waals surface area contributed by atoms with Crippen molar-refractivity contribution in [2.45, 2.75) is 33.2 Å². The molecule has 0 bridgehead atoms. The normalized spacial score (nSPS) is 11.6. The first-order valence-corrected chi connectivity index (χ1v) is 5.96. The Morgan fingerprint density at radius 1 is 1.32 bits per heavy atom. The molecule has 0 amide bonds. The lowest BCUT2D eigenvalue weighted by Gasteiger charge is -2.22. The molecule has 0 saturated heterocycles. The van der Waals surface area contributed by atoms with Crippen molar-refractivity contribution < 1.29 is 4.92 Å². The Balaban J connectivity index is 2.52. The number of aromatic nitrogens is 3. The molecule has 2 rings (SSSR count). The molecule has 1 heterocycles. The second kappa shape index (κ2) is 4.46. The van der Waals surface area contributed by atoms with Crippen molar-refractivity contribution in [1.82, 2.24) is 14.8 Å². The number of nitro groups is 1. The highest BCUT2D eigenvalue weighted by Crippen LogP contribution is 2.27. The summed E-state index contributed by atoms with van der Waals surface area (Å²) in [6, 6.07) is 4.98. The first-order chi connectivity index (χ1) is 8.80. The van der Waals surface area contributed by atoms with Crippen molar-refractivity contribution in [2.24, 2.45) is 0 Å². The Labute approximate surface area is 111 Å². The highest BCUT2D eigenvalue weighted by Gasteiger charge is 2.20. The van der Waals surface area contributed by atoms with Gasteiger partial charge in [-0.3, -0.25) is 10.1 Å². The predicted octanol–water partition coefficient (Wildman–Crippen LogP) is 2.92. The first-order valence-electron chi connectivity index (χ1n) is 5.96. The van der Waals surface area contributed by atoms with E-state index in [4.69, 9.17) is 0 Å². The summed E-state index contributed by atoms with van der Waals surface area (Å²) in [5.74, 6) is 0.713. The third-order valence-electron chi connectivity index (χ3n) is 2.92. The monoisotopic (exact) mass is 260 g/mol. The van der Waals surface area contributed by atoms with Crippen LogP contribution in [0.5, 0.6) is 0 Å². The van der Waals surface area contributed by atoms with Gasteiger partial charge in [0.05, 0.1) is 4.92 Å². The summed E-state index contributed by atoms with van der Waals surface area (Å²) in [5.41, 5.74) is 1.42. The molecule has 100 valence electrons. The molecule has 0 aliphatic heterocycles. The van der Waals surface area contributed by atoms with Crippen LogP contribution in [-0.4, -0.2) is 19.7 Å². The van der Waals surface area contributed by atoms with Gasteiger partial charge in [-0.05, 0) is 39.8 Å². The zero-order valence-electron chi connectivity index (χ0n) is 11.4. The third-order valence-corrected chi connectivity index (χ3v) is 2.92. The SMILES string of the molecule is Cc1cc(-c2nncn2C(C)(C)C)ccc1[N+](=O)[O-]. The van der Waals surface area contributed by atoms with E-state index in [1.807, 2.05) is 4.57 Å². The molecule has 0 radical (unpaired) electrons. The molecule has 0 spiro atoms.